The zero-order chi connectivity index (χ0) is 15.0. The summed E-state index contributed by atoms with van der Waals surface area (Å²) in [5, 5.41) is 4.06. The van der Waals surface area contributed by atoms with Crippen LogP contribution in [0.2, 0.25) is 0 Å². The highest BCUT2D eigenvalue weighted by molar-refractivity contribution is 5.97. The SMILES string of the molecule is CC(=O)c1cc(N)ccc1Oc1cc(C)nc2ncnn12. The second-order valence-corrected chi connectivity index (χ2v) is 4.62. The summed E-state index contributed by atoms with van der Waals surface area (Å²) >= 11 is 0. The molecular formula is C14H13N5O2. The number of fused-ring (bicyclic) bond motifs is 1. The minimum atomic E-state index is -0.127. The third-order valence-corrected chi connectivity index (χ3v) is 2.94. The van der Waals surface area contributed by atoms with Gasteiger partial charge >= 0.3 is 0 Å². The summed E-state index contributed by atoms with van der Waals surface area (Å²) in [4.78, 5) is 20.0. The molecular weight excluding hydrogens is 270 g/mol. The first-order chi connectivity index (χ1) is 10.0. The smallest absolute Gasteiger partial charge is 0.255 e. The van der Waals surface area contributed by atoms with Gasteiger partial charge < -0.3 is 10.5 Å². The Bertz CT molecular complexity index is 840. The number of ketones is 1. The molecule has 0 atom stereocenters. The van der Waals surface area contributed by atoms with Crippen LogP contribution in [0.25, 0.3) is 5.78 Å². The van der Waals surface area contributed by atoms with Gasteiger partial charge in [0, 0.05) is 17.4 Å². The standard InChI is InChI=1S/C14H13N5O2/c1-8-5-13(19-14(18-8)16-7-17-19)21-12-4-3-10(15)6-11(12)9(2)20/h3-7H,15H2,1-2H3. The Morgan fingerprint density at radius 2 is 2.14 bits per heavy atom. The summed E-state index contributed by atoms with van der Waals surface area (Å²) in [5.74, 6) is 1.16. The predicted molar refractivity (Wildman–Crippen MR) is 76.5 cm³/mol. The van der Waals surface area contributed by atoms with E-state index < -0.39 is 0 Å². The Kier molecular flexibility index (Phi) is 3.02. The van der Waals surface area contributed by atoms with Gasteiger partial charge in [-0.05, 0) is 32.0 Å². The lowest BCUT2D eigenvalue weighted by molar-refractivity contribution is 0.101. The molecule has 2 aromatic heterocycles. The van der Waals surface area contributed by atoms with Crippen LogP contribution in [-0.2, 0) is 0 Å². The number of aryl methyl sites for hydroxylation is 1. The lowest BCUT2D eigenvalue weighted by Gasteiger charge is -2.11. The Balaban J connectivity index is 2.10. The molecule has 0 saturated heterocycles. The van der Waals surface area contributed by atoms with Crippen LogP contribution in [0.1, 0.15) is 23.0 Å². The highest BCUT2D eigenvalue weighted by Gasteiger charge is 2.13. The van der Waals surface area contributed by atoms with Gasteiger partial charge in [0.1, 0.15) is 12.1 Å². The van der Waals surface area contributed by atoms with Crippen LogP contribution in [-0.4, -0.2) is 25.4 Å². The van der Waals surface area contributed by atoms with Crippen LogP contribution in [0, 0.1) is 6.92 Å². The van der Waals surface area contributed by atoms with E-state index in [0.717, 1.165) is 5.69 Å². The summed E-state index contributed by atoms with van der Waals surface area (Å²) in [7, 11) is 0. The summed E-state index contributed by atoms with van der Waals surface area (Å²) in [6.45, 7) is 3.29. The molecule has 2 heterocycles. The van der Waals surface area contributed by atoms with Crippen molar-refractivity contribution in [2.75, 3.05) is 5.73 Å². The first-order valence-corrected chi connectivity index (χ1v) is 6.30. The van der Waals surface area contributed by atoms with E-state index in [2.05, 4.69) is 15.1 Å². The van der Waals surface area contributed by atoms with E-state index in [1.54, 1.807) is 24.3 Å². The van der Waals surface area contributed by atoms with Gasteiger partial charge in [-0.25, -0.2) is 4.98 Å². The average molecular weight is 283 g/mol. The number of hydrogen-bond acceptors (Lipinski definition) is 6. The highest BCUT2D eigenvalue weighted by Crippen LogP contribution is 2.27. The molecule has 0 saturated carbocycles. The molecule has 0 aliphatic rings. The zero-order valence-electron chi connectivity index (χ0n) is 11.6. The molecule has 0 aliphatic heterocycles. The van der Waals surface area contributed by atoms with Crippen molar-refractivity contribution in [1.82, 2.24) is 19.6 Å². The van der Waals surface area contributed by atoms with E-state index in [-0.39, 0.29) is 5.78 Å². The van der Waals surface area contributed by atoms with Crippen LogP contribution in [0.5, 0.6) is 11.6 Å². The fraction of sp³-hybridized carbons (Fsp3) is 0.143. The first kappa shape index (κ1) is 13.0. The van der Waals surface area contributed by atoms with E-state index in [1.807, 2.05) is 6.92 Å². The van der Waals surface area contributed by atoms with Crippen molar-refractivity contribution < 1.29 is 9.53 Å². The second-order valence-electron chi connectivity index (χ2n) is 4.62. The van der Waals surface area contributed by atoms with Crippen molar-refractivity contribution in [3.63, 3.8) is 0 Å². The number of rotatable bonds is 3. The van der Waals surface area contributed by atoms with Crippen LogP contribution in [0.15, 0.2) is 30.6 Å². The number of anilines is 1. The third-order valence-electron chi connectivity index (χ3n) is 2.94. The lowest BCUT2D eigenvalue weighted by Crippen LogP contribution is -2.03. The molecule has 3 aromatic rings. The maximum atomic E-state index is 11.7. The predicted octanol–water partition coefficient (Wildman–Crippen LogP) is 2.01. The number of nitrogen functional groups attached to an aromatic ring is 1. The monoisotopic (exact) mass is 283 g/mol. The van der Waals surface area contributed by atoms with Crippen molar-refractivity contribution in [3.8, 4) is 11.6 Å². The largest absolute Gasteiger partial charge is 0.438 e. The Hall–Kier alpha value is -2.96. The normalized spacial score (nSPS) is 10.8. The summed E-state index contributed by atoms with van der Waals surface area (Å²) in [5.41, 5.74) is 7.37. The Labute approximate surface area is 120 Å². The number of hydrogen-bond donors (Lipinski definition) is 1. The van der Waals surface area contributed by atoms with Gasteiger partial charge in [-0.15, -0.1) is 0 Å². The Morgan fingerprint density at radius 1 is 1.33 bits per heavy atom. The van der Waals surface area contributed by atoms with E-state index in [0.29, 0.717) is 28.7 Å². The van der Waals surface area contributed by atoms with Crippen molar-refractivity contribution in [2.24, 2.45) is 0 Å². The van der Waals surface area contributed by atoms with Gasteiger partial charge in [0.25, 0.3) is 5.78 Å². The fourth-order valence-electron chi connectivity index (χ4n) is 1.99. The molecule has 1 aromatic carbocycles. The Morgan fingerprint density at radius 3 is 2.90 bits per heavy atom. The summed E-state index contributed by atoms with van der Waals surface area (Å²) < 4.78 is 7.29. The van der Waals surface area contributed by atoms with Gasteiger partial charge in [0.05, 0.1) is 5.56 Å². The molecule has 0 aliphatic carbocycles. The second kappa shape index (κ2) is 4.86. The van der Waals surface area contributed by atoms with Gasteiger partial charge in [0.15, 0.2) is 5.78 Å². The molecule has 2 N–H and O–H groups in total. The molecule has 0 amide bonds. The summed E-state index contributed by atoms with van der Waals surface area (Å²) in [6, 6.07) is 6.64. The number of carbonyl (C=O) groups is 1. The van der Waals surface area contributed by atoms with E-state index in [4.69, 9.17) is 10.5 Å². The minimum absolute atomic E-state index is 0.127. The van der Waals surface area contributed by atoms with Crippen LogP contribution >= 0.6 is 0 Å². The molecule has 7 nitrogen and oxygen atoms in total. The van der Waals surface area contributed by atoms with Crippen LogP contribution in [0.4, 0.5) is 5.69 Å². The fourth-order valence-corrected chi connectivity index (χ4v) is 1.99. The van der Waals surface area contributed by atoms with E-state index in [1.165, 1.54) is 17.8 Å². The van der Waals surface area contributed by atoms with E-state index in [9.17, 15) is 4.79 Å². The molecule has 0 radical (unpaired) electrons. The number of nitrogens with two attached hydrogens (primary N) is 1. The number of aromatic nitrogens is 4. The van der Waals surface area contributed by atoms with Gasteiger partial charge in [-0.1, -0.05) is 0 Å². The lowest BCUT2D eigenvalue weighted by atomic mass is 10.1. The molecule has 7 heteroatoms. The number of Topliss-reactive ketones (excluding diaryl/α,β-unsaturated/α-hetero) is 1. The van der Waals surface area contributed by atoms with Gasteiger partial charge in [-0.3, -0.25) is 4.79 Å². The summed E-state index contributed by atoms with van der Waals surface area (Å²) in [6.07, 6.45) is 1.39. The van der Waals surface area contributed by atoms with Crippen molar-refractivity contribution in [2.45, 2.75) is 13.8 Å². The number of benzene rings is 1. The number of carbonyl (C=O) groups excluding carboxylic acids is 1. The minimum Gasteiger partial charge on any atom is -0.438 e. The molecule has 0 spiro atoms. The molecule has 0 unspecified atom stereocenters. The van der Waals surface area contributed by atoms with Gasteiger partial charge in [0.2, 0.25) is 5.88 Å². The first-order valence-electron chi connectivity index (χ1n) is 6.30. The third kappa shape index (κ3) is 2.40. The van der Waals surface area contributed by atoms with Gasteiger partial charge in [-0.2, -0.15) is 14.6 Å². The van der Waals surface area contributed by atoms with Crippen molar-refractivity contribution in [3.05, 3.63) is 41.9 Å². The highest BCUT2D eigenvalue weighted by atomic mass is 16.5. The topological polar surface area (TPSA) is 95.4 Å². The quantitative estimate of drug-likeness (QED) is 0.583. The van der Waals surface area contributed by atoms with Crippen LogP contribution in [0.3, 0.4) is 0 Å². The average Bonchev–Trinajstić information content (AvgIpc) is 2.88. The molecule has 0 fully saturated rings. The maximum absolute atomic E-state index is 11.7. The van der Waals surface area contributed by atoms with Crippen molar-refractivity contribution in [1.29, 1.82) is 0 Å². The van der Waals surface area contributed by atoms with E-state index >= 15 is 0 Å². The molecule has 21 heavy (non-hydrogen) atoms. The maximum Gasteiger partial charge on any atom is 0.255 e. The number of nitrogens with zero attached hydrogens (tertiary/aromatic N) is 4. The van der Waals surface area contributed by atoms with Crippen LogP contribution < -0.4 is 10.5 Å². The molecule has 106 valence electrons. The molecule has 3 rings (SSSR count). The number of ether oxygens (including phenoxy) is 1. The van der Waals surface area contributed by atoms with Crippen molar-refractivity contribution >= 4 is 17.2 Å². The molecule has 0 bridgehead atoms. The zero-order valence-corrected chi connectivity index (χ0v) is 11.6.